The molecule has 1 unspecified atom stereocenters. The first-order chi connectivity index (χ1) is 9.08. The highest BCUT2D eigenvalue weighted by Crippen LogP contribution is 2.10. The van der Waals surface area contributed by atoms with Crippen molar-refractivity contribution in [1.29, 1.82) is 0 Å². The summed E-state index contributed by atoms with van der Waals surface area (Å²) >= 11 is 0. The number of carbonyl (C=O) groups excluding carboxylic acids is 1. The maximum atomic E-state index is 11.6. The summed E-state index contributed by atoms with van der Waals surface area (Å²) in [5.74, 6) is 0.896. The molecule has 0 aromatic carbocycles. The molecule has 19 heavy (non-hydrogen) atoms. The Morgan fingerprint density at radius 2 is 2.16 bits per heavy atom. The highest BCUT2D eigenvalue weighted by molar-refractivity contribution is 5.91. The van der Waals surface area contributed by atoms with E-state index in [0.717, 1.165) is 19.4 Å². The van der Waals surface area contributed by atoms with Crippen LogP contribution in [-0.4, -0.2) is 53.4 Å². The van der Waals surface area contributed by atoms with Gasteiger partial charge in [0.25, 0.3) is 5.91 Å². The third-order valence-corrected chi connectivity index (χ3v) is 2.98. The van der Waals surface area contributed by atoms with E-state index in [2.05, 4.69) is 22.4 Å². The fourth-order valence-electron chi connectivity index (χ4n) is 1.65. The van der Waals surface area contributed by atoms with Crippen molar-refractivity contribution < 1.29 is 9.90 Å². The van der Waals surface area contributed by atoms with Gasteiger partial charge in [0.2, 0.25) is 0 Å². The van der Waals surface area contributed by atoms with Crippen molar-refractivity contribution in [3.05, 3.63) is 17.8 Å². The standard InChI is InChI=1S/C13H22N4O2/c1-4-10(7-8-18)9-14-12-6-5-11(15-16-12)13(19)17(2)3/h5-6,10,18H,4,7-9H2,1-3H3,(H,14,16). The quantitative estimate of drug-likeness (QED) is 0.769. The van der Waals surface area contributed by atoms with Crippen LogP contribution in [0.2, 0.25) is 0 Å². The average molecular weight is 266 g/mol. The summed E-state index contributed by atoms with van der Waals surface area (Å²) in [4.78, 5) is 13.1. The average Bonchev–Trinajstić information content (AvgIpc) is 2.43. The Kier molecular flexibility index (Phi) is 6.21. The molecule has 0 saturated heterocycles. The van der Waals surface area contributed by atoms with Crippen LogP contribution >= 0.6 is 0 Å². The van der Waals surface area contributed by atoms with Gasteiger partial charge in [0, 0.05) is 27.2 Å². The number of aliphatic hydroxyl groups is 1. The molecule has 1 rings (SSSR count). The number of amides is 1. The predicted octanol–water partition coefficient (Wildman–Crippen LogP) is 0.999. The number of aromatic nitrogens is 2. The molecule has 0 fully saturated rings. The zero-order chi connectivity index (χ0) is 14.3. The smallest absolute Gasteiger partial charge is 0.273 e. The van der Waals surface area contributed by atoms with Crippen molar-refractivity contribution in [2.75, 3.05) is 32.6 Å². The van der Waals surface area contributed by atoms with Gasteiger partial charge in [-0.05, 0) is 24.5 Å². The molecule has 2 N–H and O–H groups in total. The molecule has 0 aliphatic rings. The Labute approximate surface area is 113 Å². The van der Waals surface area contributed by atoms with E-state index in [1.165, 1.54) is 4.90 Å². The minimum atomic E-state index is -0.161. The Balaban J connectivity index is 2.55. The Morgan fingerprint density at radius 1 is 1.42 bits per heavy atom. The Bertz CT molecular complexity index is 392. The third kappa shape index (κ3) is 4.82. The second kappa shape index (κ2) is 7.68. The normalized spacial score (nSPS) is 12.0. The van der Waals surface area contributed by atoms with Gasteiger partial charge in [-0.3, -0.25) is 4.79 Å². The van der Waals surface area contributed by atoms with E-state index in [4.69, 9.17) is 5.11 Å². The van der Waals surface area contributed by atoms with E-state index in [9.17, 15) is 4.79 Å². The van der Waals surface area contributed by atoms with E-state index in [-0.39, 0.29) is 12.5 Å². The maximum Gasteiger partial charge on any atom is 0.273 e. The van der Waals surface area contributed by atoms with Crippen molar-refractivity contribution >= 4 is 11.7 Å². The molecule has 106 valence electrons. The van der Waals surface area contributed by atoms with Crippen molar-refractivity contribution in [1.82, 2.24) is 15.1 Å². The lowest BCUT2D eigenvalue weighted by Gasteiger charge is -2.14. The topological polar surface area (TPSA) is 78.4 Å². The van der Waals surface area contributed by atoms with Gasteiger partial charge in [-0.1, -0.05) is 13.3 Å². The molecule has 1 atom stereocenters. The van der Waals surface area contributed by atoms with Crippen molar-refractivity contribution in [2.24, 2.45) is 5.92 Å². The van der Waals surface area contributed by atoms with E-state index in [1.807, 2.05) is 0 Å². The van der Waals surface area contributed by atoms with Crippen LogP contribution in [0.15, 0.2) is 12.1 Å². The van der Waals surface area contributed by atoms with Crippen LogP contribution in [0, 0.1) is 5.92 Å². The number of hydrogen-bond acceptors (Lipinski definition) is 5. The lowest BCUT2D eigenvalue weighted by Crippen LogP contribution is -2.23. The number of carbonyl (C=O) groups is 1. The predicted molar refractivity (Wildman–Crippen MR) is 74.0 cm³/mol. The Morgan fingerprint density at radius 3 is 2.63 bits per heavy atom. The van der Waals surface area contributed by atoms with Crippen LogP contribution < -0.4 is 5.32 Å². The molecule has 1 aromatic heterocycles. The van der Waals surface area contributed by atoms with Gasteiger partial charge in [0.15, 0.2) is 5.69 Å². The van der Waals surface area contributed by atoms with Crippen LogP contribution in [0.3, 0.4) is 0 Å². The summed E-state index contributed by atoms with van der Waals surface area (Å²) in [5.41, 5.74) is 0.331. The summed E-state index contributed by atoms with van der Waals surface area (Å²) in [5, 5.41) is 20.0. The van der Waals surface area contributed by atoms with E-state index >= 15 is 0 Å². The molecular formula is C13H22N4O2. The minimum Gasteiger partial charge on any atom is -0.396 e. The molecule has 1 aromatic rings. The van der Waals surface area contributed by atoms with Gasteiger partial charge in [-0.25, -0.2) is 0 Å². The van der Waals surface area contributed by atoms with Gasteiger partial charge >= 0.3 is 0 Å². The first kappa shape index (κ1) is 15.4. The summed E-state index contributed by atoms with van der Waals surface area (Å²) in [6, 6.07) is 3.40. The lowest BCUT2D eigenvalue weighted by atomic mass is 10.0. The number of rotatable bonds is 7. The molecule has 0 bridgehead atoms. The van der Waals surface area contributed by atoms with Gasteiger partial charge in [0.1, 0.15) is 5.82 Å². The largest absolute Gasteiger partial charge is 0.396 e. The first-order valence-corrected chi connectivity index (χ1v) is 6.48. The SMILES string of the molecule is CCC(CCO)CNc1ccc(C(=O)N(C)C)nn1. The van der Waals surface area contributed by atoms with E-state index < -0.39 is 0 Å². The van der Waals surface area contributed by atoms with Crippen LogP contribution in [0.1, 0.15) is 30.3 Å². The third-order valence-electron chi connectivity index (χ3n) is 2.98. The number of nitrogens with one attached hydrogen (secondary N) is 1. The zero-order valence-electron chi connectivity index (χ0n) is 11.8. The lowest BCUT2D eigenvalue weighted by molar-refractivity contribution is 0.0821. The van der Waals surface area contributed by atoms with Gasteiger partial charge in [-0.15, -0.1) is 10.2 Å². The highest BCUT2D eigenvalue weighted by Gasteiger charge is 2.10. The van der Waals surface area contributed by atoms with E-state index in [1.54, 1.807) is 26.2 Å². The number of hydrogen-bond donors (Lipinski definition) is 2. The molecular weight excluding hydrogens is 244 g/mol. The van der Waals surface area contributed by atoms with Gasteiger partial charge in [0.05, 0.1) is 0 Å². The number of aliphatic hydroxyl groups excluding tert-OH is 1. The molecule has 0 saturated carbocycles. The van der Waals surface area contributed by atoms with Gasteiger partial charge in [-0.2, -0.15) is 0 Å². The van der Waals surface area contributed by atoms with Crippen molar-refractivity contribution in [3.8, 4) is 0 Å². The number of nitrogens with zero attached hydrogens (tertiary/aromatic N) is 3. The number of anilines is 1. The molecule has 6 heteroatoms. The second-order valence-electron chi connectivity index (χ2n) is 4.67. The van der Waals surface area contributed by atoms with Gasteiger partial charge < -0.3 is 15.3 Å². The summed E-state index contributed by atoms with van der Waals surface area (Å²) in [7, 11) is 3.35. The molecule has 0 aliphatic heterocycles. The van der Waals surface area contributed by atoms with E-state index in [0.29, 0.717) is 17.4 Å². The summed E-state index contributed by atoms with van der Waals surface area (Å²) in [6.07, 6.45) is 1.77. The zero-order valence-corrected chi connectivity index (χ0v) is 11.8. The molecule has 6 nitrogen and oxygen atoms in total. The maximum absolute atomic E-state index is 11.6. The van der Waals surface area contributed by atoms with Crippen molar-refractivity contribution in [3.63, 3.8) is 0 Å². The highest BCUT2D eigenvalue weighted by atomic mass is 16.3. The van der Waals surface area contributed by atoms with Crippen LogP contribution in [-0.2, 0) is 0 Å². The van der Waals surface area contributed by atoms with Crippen molar-refractivity contribution in [2.45, 2.75) is 19.8 Å². The fraction of sp³-hybridized carbons (Fsp3) is 0.615. The van der Waals surface area contributed by atoms with Crippen LogP contribution in [0.4, 0.5) is 5.82 Å². The van der Waals surface area contributed by atoms with Crippen LogP contribution in [0.5, 0.6) is 0 Å². The molecule has 0 aliphatic carbocycles. The molecule has 1 heterocycles. The van der Waals surface area contributed by atoms with Crippen LogP contribution in [0.25, 0.3) is 0 Å². The monoisotopic (exact) mass is 266 g/mol. The Hall–Kier alpha value is -1.69. The molecule has 1 amide bonds. The second-order valence-corrected chi connectivity index (χ2v) is 4.67. The summed E-state index contributed by atoms with van der Waals surface area (Å²) < 4.78 is 0. The fourth-order valence-corrected chi connectivity index (χ4v) is 1.65. The first-order valence-electron chi connectivity index (χ1n) is 6.48. The summed E-state index contributed by atoms with van der Waals surface area (Å²) in [6.45, 7) is 3.03. The minimum absolute atomic E-state index is 0.161. The molecule has 0 radical (unpaired) electrons. The molecule has 0 spiro atoms.